The monoisotopic (exact) mass is 223 g/mol. The van der Waals surface area contributed by atoms with Gasteiger partial charge in [0, 0.05) is 5.38 Å². The SMILES string of the molecule is CC(C)C(N)c1csc(-c2cn[nH]n2)n1. The largest absolute Gasteiger partial charge is 0.322 e. The first-order valence-corrected chi connectivity index (χ1v) is 5.63. The molecular weight excluding hydrogens is 210 g/mol. The highest BCUT2D eigenvalue weighted by atomic mass is 32.1. The van der Waals surface area contributed by atoms with Crippen LogP contribution in [0.25, 0.3) is 10.7 Å². The van der Waals surface area contributed by atoms with Gasteiger partial charge in [-0.15, -0.1) is 11.3 Å². The number of rotatable bonds is 3. The standard InChI is InChI=1S/C9H13N5S/c1-5(2)8(10)7-4-15-9(12-7)6-3-11-14-13-6/h3-5,8H,10H2,1-2H3,(H,11,13,14). The lowest BCUT2D eigenvalue weighted by molar-refractivity contribution is 0.505. The summed E-state index contributed by atoms with van der Waals surface area (Å²) in [4.78, 5) is 4.44. The van der Waals surface area contributed by atoms with Gasteiger partial charge in [0.1, 0.15) is 10.7 Å². The van der Waals surface area contributed by atoms with Crippen molar-refractivity contribution < 1.29 is 0 Å². The zero-order valence-corrected chi connectivity index (χ0v) is 9.45. The van der Waals surface area contributed by atoms with Crippen LogP contribution in [0.3, 0.4) is 0 Å². The Balaban J connectivity index is 2.25. The molecular formula is C9H13N5S. The fraction of sp³-hybridized carbons (Fsp3) is 0.444. The van der Waals surface area contributed by atoms with Crippen molar-refractivity contribution >= 4 is 11.3 Å². The van der Waals surface area contributed by atoms with Crippen molar-refractivity contribution in [3.63, 3.8) is 0 Å². The quantitative estimate of drug-likeness (QED) is 0.828. The van der Waals surface area contributed by atoms with Gasteiger partial charge < -0.3 is 5.73 Å². The van der Waals surface area contributed by atoms with Crippen LogP contribution in [-0.2, 0) is 0 Å². The van der Waals surface area contributed by atoms with Crippen molar-refractivity contribution in [1.29, 1.82) is 0 Å². The van der Waals surface area contributed by atoms with Crippen LogP contribution in [0.1, 0.15) is 25.6 Å². The van der Waals surface area contributed by atoms with Crippen molar-refractivity contribution in [2.75, 3.05) is 0 Å². The lowest BCUT2D eigenvalue weighted by Gasteiger charge is -2.11. The molecule has 0 saturated carbocycles. The predicted octanol–water partition coefficient (Wildman–Crippen LogP) is 1.58. The van der Waals surface area contributed by atoms with E-state index in [1.54, 1.807) is 6.20 Å². The van der Waals surface area contributed by atoms with Gasteiger partial charge in [0.15, 0.2) is 0 Å². The van der Waals surface area contributed by atoms with Gasteiger partial charge in [-0.1, -0.05) is 13.8 Å². The molecule has 0 aliphatic heterocycles. The number of nitrogens with zero attached hydrogens (tertiary/aromatic N) is 3. The summed E-state index contributed by atoms with van der Waals surface area (Å²) in [6.07, 6.45) is 1.66. The molecule has 5 nitrogen and oxygen atoms in total. The Morgan fingerprint density at radius 1 is 1.47 bits per heavy atom. The summed E-state index contributed by atoms with van der Waals surface area (Å²) in [7, 11) is 0. The Labute approximate surface area is 91.7 Å². The van der Waals surface area contributed by atoms with Crippen LogP contribution < -0.4 is 5.73 Å². The van der Waals surface area contributed by atoms with Crippen LogP contribution in [0.2, 0.25) is 0 Å². The van der Waals surface area contributed by atoms with E-state index in [1.165, 1.54) is 11.3 Å². The molecule has 2 heterocycles. The molecule has 0 bridgehead atoms. The number of nitrogens with two attached hydrogens (primary N) is 1. The molecule has 0 radical (unpaired) electrons. The first-order chi connectivity index (χ1) is 7.18. The first kappa shape index (κ1) is 10.3. The van der Waals surface area contributed by atoms with Gasteiger partial charge in [-0.2, -0.15) is 15.4 Å². The number of hydrogen-bond acceptors (Lipinski definition) is 5. The van der Waals surface area contributed by atoms with Crippen molar-refractivity contribution in [1.82, 2.24) is 20.4 Å². The second kappa shape index (κ2) is 4.08. The molecule has 0 fully saturated rings. The molecule has 0 spiro atoms. The van der Waals surface area contributed by atoms with E-state index >= 15 is 0 Å². The summed E-state index contributed by atoms with van der Waals surface area (Å²) in [5, 5.41) is 13.1. The fourth-order valence-corrected chi connectivity index (χ4v) is 2.02. The molecule has 1 atom stereocenters. The molecule has 3 N–H and O–H groups in total. The maximum atomic E-state index is 6.00. The summed E-state index contributed by atoms with van der Waals surface area (Å²) >= 11 is 1.54. The minimum Gasteiger partial charge on any atom is -0.322 e. The van der Waals surface area contributed by atoms with Crippen LogP contribution in [0.4, 0.5) is 0 Å². The number of thiazole rings is 1. The van der Waals surface area contributed by atoms with Crippen LogP contribution in [0.5, 0.6) is 0 Å². The van der Waals surface area contributed by atoms with E-state index in [2.05, 4.69) is 34.2 Å². The Kier molecular flexibility index (Phi) is 2.79. The van der Waals surface area contributed by atoms with Gasteiger partial charge in [0.05, 0.1) is 17.9 Å². The van der Waals surface area contributed by atoms with E-state index in [0.717, 1.165) is 16.4 Å². The molecule has 0 saturated heterocycles. The summed E-state index contributed by atoms with van der Waals surface area (Å²) in [5.74, 6) is 0.386. The molecule has 0 aliphatic rings. The minimum absolute atomic E-state index is 0.0121. The number of aromatic nitrogens is 4. The van der Waals surface area contributed by atoms with E-state index in [9.17, 15) is 0 Å². The highest BCUT2D eigenvalue weighted by Crippen LogP contribution is 2.25. The summed E-state index contributed by atoms with van der Waals surface area (Å²) in [5.41, 5.74) is 7.69. The second-order valence-corrected chi connectivity index (χ2v) is 4.56. The van der Waals surface area contributed by atoms with Gasteiger partial charge in [0.25, 0.3) is 0 Å². The van der Waals surface area contributed by atoms with Gasteiger partial charge in [-0.05, 0) is 5.92 Å². The van der Waals surface area contributed by atoms with E-state index in [-0.39, 0.29) is 6.04 Å². The zero-order valence-electron chi connectivity index (χ0n) is 8.64. The van der Waals surface area contributed by atoms with Crippen LogP contribution >= 0.6 is 11.3 Å². The molecule has 80 valence electrons. The Morgan fingerprint density at radius 2 is 2.27 bits per heavy atom. The van der Waals surface area contributed by atoms with E-state index in [0.29, 0.717) is 5.92 Å². The third kappa shape index (κ3) is 2.05. The van der Waals surface area contributed by atoms with E-state index in [4.69, 9.17) is 5.73 Å². The highest BCUT2D eigenvalue weighted by molar-refractivity contribution is 7.13. The van der Waals surface area contributed by atoms with Crippen LogP contribution in [-0.4, -0.2) is 20.4 Å². The van der Waals surface area contributed by atoms with Crippen molar-refractivity contribution in [2.45, 2.75) is 19.9 Å². The third-order valence-corrected chi connectivity index (χ3v) is 3.10. The van der Waals surface area contributed by atoms with Crippen molar-refractivity contribution in [2.24, 2.45) is 11.7 Å². The second-order valence-electron chi connectivity index (χ2n) is 3.70. The van der Waals surface area contributed by atoms with E-state index in [1.807, 2.05) is 5.38 Å². The number of hydrogen-bond donors (Lipinski definition) is 2. The molecule has 1 unspecified atom stereocenters. The minimum atomic E-state index is -0.0121. The number of nitrogens with one attached hydrogen (secondary N) is 1. The van der Waals surface area contributed by atoms with Crippen LogP contribution in [0, 0.1) is 5.92 Å². The average Bonchev–Trinajstić information content (AvgIpc) is 2.86. The van der Waals surface area contributed by atoms with Crippen molar-refractivity contribution in [3.8, 4) is 10.7 Å². The van der Waals surface area contributed by atoms with Gasteiger partial charge in [-0.25, -0.2) is 4.98 Å². The molecule has 0 aromatic carbocycles. The number of aromatic amines is 1. The fourth-order valence-electron chi connectivity index (χ4n) is 1.20. The van der Waals surface area contributed by atoms with E-state index < -0.39 is 0 Å². The predicted molar refractivity (Wildman–Crippen MR) is 59.3 cm³/mol. The zero-order chi connectivity index (χ0) is 10.8. The Morgan fingerprint density at radius 3 is 2.87 bits per heavy atom. The molecule has 0 amide bonds. The average molecular weight is 223 g/mol. The maximum Gasteiger partial charge on any atom is 0.145 e. The van der Waals surface area contributed by atoms with Gasteiger partial charge >= 0.3 is 0 Å². The van der Waals surface area contributed by atoms with Gasteiger partial charge in [-0.3, -0.25) is 0 Å². The normalized spacial score (nSPS) is 13.3. The Bertz CT molecular complexity index is 419. The molecule has 2 aromatic heterocycles. The highest BCUT2D eigenvalue weighted by Gasteiger charge is 2.15. The summed E-state index contributed by atoms with van der Waals surface area (Å²) in [6.45, 7) is 4.17. The van der Waals surface area contributed by atoms with Crippen molar-refractivity contribution in [3.05, 3.63) is 17.3 Å². The number of H-pyrrole nitrogens is 1. The molecule has 6 heteroatoms. The Hall–Kier alpha value is -1.27. The third-order valence-electron chi connectivity index (χ3n) is 2.22. The smallest absolute Gasteiger partial charge is 0.145 e. The van der Waals surface area contributed by atoms with Crippen LogP contribution in [0.15, 0.2) is 11.6 Å². The lowest BCUT2D eigenvalue weighted by Crippen LogP contribution is -2.16. The molecule has 2 rings (SSSR count). The maximum absolute atomic E-state index is 6.00. The molecule has 2 aromatic rings. The summed E-state index contributed by atoms with van der Waals surface area (Å²) < 4.78 is 0. The molecule has 0 aliphatic carbocycles. The lowest BCUT2D eigenvalue weighted by atomic mass is 10.0. The summed E-state index contributed by atoms with van der Waals surface area (Å²) in [6, 6.07) is -0.0121. The molecule has 15 heavy (non-hydrogen) atoms. The topological polar surface area (TPSA) is 80.5 Å². The van der Waals surface area contributed by atoms with Gasteiger partial charge in [0.2, 0.25) is 0 Å². The first-order valence-electron chi connectivity index (χ1n) is 4.75.